The summed E-state index contributed by atoms with van der Waals surface area (Å²) in [6.07, 6.45) is 0. The lowest BCUT2D eigenvalue weighted by Crippen LogP contribution is -1.97. The quantitative estimate of drug-likeness (QED) is 0.699. The van der Waals surface area contributed by atoms with E-state index in [1.54, 1.807) is 6.92 Å². The number of aromatic hydroxyl groups is 3. The van der Waals surface area contributed by atoms with Gasteiger partial charge in [0, 0.05) is 12.1 Å². The molecule has 2 aromatic rings. The van der Waals surface area contributed by atoms with Crippen LogP contribution in [0.15, 0.2) is 33.5 Å². The third-order valence-electron chi connectivity index (χ3n) is 2.30. The Kier molecular flexibility index (Phi) is 2.51. The van der Waals surface area contributed by atoms with Crippen LogP contribution in [-0.2, 0) is 0 Å². The molecule has 1 aromatic heterocycles. The molecule has 0 aliphatic heterocycles. The third-order valence-corrected chi connectivity index (χ3v) is 2.30. The van der Waals surface area contributed by atoms with E-state index in [2.05, 4.69) is 0 Å². The first-order valence-corrected chi connectivity index (χ1v) is 4.84. The summed E-state index contributed by atoms with van der Waals surface area (Å²) in [6.45, 7) is 1.64. The molecule has 0 unspecified atom stereocenters. The Morgan fingerprint density at radius 2 is 1.65 bits per heavy atom. The fourth-order valence-electron chi connectivity index (χ4n) is 1.66. The van der Waals surface area contributed by atoms with E-state index in [0.29, 0.717) is 5.56 Å². The van der Waals surface area contributed by atoms with E-state index < -0.39 is 5.63 Å². The Bertz CT molecular complexity index is 604. The number of phenolic OH excluding ortho intramolecular Hbond substituents is 2. The lowest BCUT2D eigenvalue weighted by molar-refractivity contribution is 0.442. The molecule has 1 aromatic carbocycles. The molecule has 0 aliphatic carbocycles. The van der Waals surface area contributed by atoms with Crippen molar-refractivity contribution in [2.45, 2.75) is 6.92 Å². The average Bonchev–Trinajstić information content (AvgIpc) is 2.13. The van der Waals surface area contributed by atoms with Crippen molar-refractivity contribution < 1.29 is 19.7 Å². The molecule has 0 spiro atoms. The Morgan fingerprint density at radius 3 is 2.24 bits per heavy atom. The largest absolute Gasteiger partial charge is 0.508 e. The highest BCUT2D eigenvalue weighted by Crippen LogP contribution is 2.35. The molecule has 0 amide bonds. The van der Waals surface area contributed by atoms with E-state index in [4.69, 9.17) is 4.42 Å². The lowest BCUT2D eigenvalue weighted by Gasteiger charge is -2.08. The van der Waals surface area contributed by atoms with Crippen LogP contribution in [0.25, 0.3) is 11.3 Å². The van der Waals surface area contributed by atoms with Gasteiger partial charge in [-0.25, -0.2) is 4.79 Å². The molecule has 0 radical (unpaired) electrons. The molecule has 3 N–H and O–H groups in total. The van der Waals surface area contributed by atoms with Gasteiger partial charge in [-0.05, 0) is 18.6 Å². The summed E-state index contributed by atoms with van der Waals surface area (Å²) in [6, 6.07) is 4.70. The standard InChI is InChI=1S/C12H10O5/c1-6-2-7(13)3-9(15)12(6)10-4-8(14)5-11(16)17-10/h2-5,13-15H,1H3. The maximum Gasteiger partial charge on any atom is 0.339 e. The first kappa shape index (κ1) is 11.1. The van der Waals surface area contributed by atoms with Crippen LogP contribution in [0.4, 0.5) is 0 Å². The maximum absolute atomic E-state index is 11.1. The number of benzene rings is 1. The molecule has 0 saturated carbocycles. The summed E-state index contributed by atoms with van der Waals surface area (Å²) in [5.41, 5.74) is 0.0684. The molecule has 0 saturated heterocycles. The first-order valence-electron chi connectivity index (χ1n) is 4.84. The molecule has 1 heterocycles. The molecule has 2 rings (SSSR count). The topological polar surface area (TPSA) is 90.9 Å². The fraction of sp³-hybridized carbons (Fsp3) is 0.0833. The highest BCUT2D eigenvalue weighted by Gasteiger charge is 2.13. The Balaban J connectivity index is 2.72. The van der Waals surface area contributed by atoms with Crippen LogP contribution in [0, 0.1) is 6.92 Å². The molecule has 17 heavy (non-hydrogen) atoms. The van der Waals surface area contributed by atoms with Crippen LogP contribution in [0.3, 0.4) is 0 Å². The van der Waals surface area contributed by atoms with Crippen LogP contribution >= 0.6 is 0 Å². The fourth-order valence-corrected chi connectivity index (χ4v) is 1.66. The lowest BCUT2D eigenvalue weighted by atomic mass is 10.0. The third kappa shape index (κ3) is 2.08. The van der Waals surface area contributed by atoms with E-state index in [-0.39, 0.29) is 28.6 Å². The molecular weight excluding hydrogens is 224 g/mol. The van der Waals surface area contributed by atoms with Gasteiger partial charge in [0.15, 0.2) is 0 Å². The van der Waals surface area contributed by atoms with Crippen LogP contribution in [0.1, 0.15) is 5.56 Å². The Labute approximate surface area is 96.2 Å². The molecular formula is C12H10O5. The van der Waals surface area contributed by atoms with Crippen molar-refractivity contribution in [3.63, 3.8) is 0 Å². The zero-order chi connectivity index (χ0) is 12.6. The molecule has 5 nitrogen and oxygen atoms in total. The maximum atomic E-state index is 11.1. The van der Waals surface area contributed by atoms with Crippen LogP contribution in [0.5, 0.6) is 17.2 Å². The van der Waals surface area contributed by atoms with Gasteiger partial charge in [-0.3, -0.25) is 0 Å². The minimum absolute atomic E-state index is 0.0463. The van der Waals surface area contributed by atoms with Gasteiger partial charge in [0.05, 0.1) is 11.6 Å². The molecule has 0 aliphatic rings. The minimum atomic E-state index is -0.716. The Hall–Kier alpha value is -2.43. The van der Waals surface area contributed by atoms with Gasteiger partial charge in [0.2, 0.25) is 0 Å². The smallest absolute Gasteiger partial charge is 0.339 e. The number of rotatable bonds is 1. The van der Waals surface area contributed by atoms with Crippen LogP contribution in [-0.4, -0.2) is 15.3 Å². The second kappa shape index (κ2) is 3.86. The van der Waals surface area contributed by atoms with Gasteiger partial charge >= 0.3 is 5.63 Å². The van der Waals surface area contributed by atoms with Gasteiger partial charge < -0.3 is 19.7 Å². The second-order valence-corrected chi connectivity index (χ2v) is 3.66. The van der Waals surface area contributed by atoms with Gasteiger partial charge in [-0.15, -0.1) is 0 Å². The molecule has 0 fully saturated rings. The van der Waals surface area contributed by atoms with Crippen molar-refractivity contribution in [1.29, 1.82) is 0 Å². The first-order chi connectivity index (χ1) is 7.97. The number of aryl methyl sites for hydroxylation is 1. The van der Waals surface area contributed by atoms with E-state index in [0.717, 1.165) is 12.1 Å². The zero-order valence-electron chi connectivity index (χ0n) is 8.97. The molecule has 0 bridgehead atoms. The van der Waals surface area contributed by atoms with Crippen LogP contribution in [0.2, 0.25) is 0 Å². The van der Waals surface area contributed by atoms with Crippen molar-refractivity contribution in [3.05, 3.63) is 40.2 Å². The average molecular weight is 234 g/mol. The summed E-state index contributed by atoms with van der Waals surface area (Å²) < 4.78 is 4.89. The summed E-state index contributed by atoms with van der Waals surface area (Å²) in [5.74, 6) is -0.518. The van der Waals surface area contributed by atoms with Gasteiger partial charge in [-0.2, -0.15) is 0 Å². The van der Waals surface area contributed by atoms with Crippen LogP contribution < -0.4 is 5.63 Å². The number of hydrogen-bond acceptors (Lipinski definition) is 5. The Morgan fingerprint density at radius 1 is 1.00 bits per heavy atom. The highest BCUT2D eigenvalue weighted by atomic mass is 16.4. The second-order valence-electron chi connectivity index (χ2n) is 3.66. The van der Waals surface area contributed by atoms with E-state index >= 15 is 0 Å². The van der Waals surface area contributed by atoms with E-state index in [1.165, 1.54) is 12.1 Å². The summed E-state index contributed by atoms with van der Waals surface area (Å²) >= 11 is 0. The predicted octanol–water partition coefficient (Wildman–Crippen LogP) is 1.73. The highest BCUT2D eigenvalue weighted by molar-refractivity contribution is 5.71. The monoisotopic (exact) mass is 234 g/mol. The summed E-state index contributed by atoms with van der Waals surface area (Å²) in [7, 11) is 0. The van der Waals surface area contributed by atoms with Crippen molar-refractivity contribution in [2.24, 2.45) is 0 Å². The van der Waals surface area contributed by atoms with Crippen molar-refractivity contribution in [2.75, 3.05) is 0 Å². The predicted molar refractivity (Wildman–Crippen MR) is 60.1 cm³/mol. The molecule has 88 valence electrons. The molecule has 5 heteroatoms. The number of phenols is 2. The van der Waals surface area contributed by atoms with Gasteiger partial charge in [0.1, 0.15) is 23.0 Å². The summed E-state index contributed by atoms with van der Waals surface area (Å²) in [4.78, 5) is 11.1. The van der Waals surface area contributed by atoms with Crippen molar-refractivity contribution in [3.8, 4) is 28.6 Å². The summed E-state index contributed by atoms with van der Waals surface area (Å²) in [5, 5.41) is 28.3. The van der Waals surface area contributed by atoms with Gasteiger partial charge in [0.25, 0.3) is 0 Å². The zero-order valence-corrected chi connectivity index (χ0v) is 8.97. The molecule has 0 atom stereocenters. The van der Waals surface area contributed by atoms with E-state index in [1.807, 2.05) is 0 Å². The van der Waals surface area contributed by atoms with Crippen molar-refractivity contribution >= 4 is 0 Å². The number of hydrogen-bond donors (Lipinski definition) is 3. The SMILES string of the molecule is Cc1cc(O)cc(O)c1-c1cc(O)cc(=O)o1. The van der Waals surface area contributed by atoms with Gasteiger partial charge in [-0.1, -0.05) is 0 Å². The normalized spacial score (nSPS) is 10.4. The van der Waals surface area contributed by atoms with E-state index in [9.17, 15) is 20.1 Å². The van der Waals surface area contributed by atoms with Crippen molar-refractivity contribution in [1.82, 2.24) is 0 Å². The minimum Gasteiger partial charge on any atom is -0.508 e.